The Morgan fingerprint density at radius 3 is 2.00 bits per heavy atom. The van der Waals surface area contributed by atoms with Gasteiger partial charge < -0.3 is 9.47 Å². The largest absolute Gasteiger partial charge is 0.466 e. The van der Waals surface area contributed by atoms with Crippen molar-refractivity contribution >= 4 is 0 Å². The fourth-order valence-electron chi connectivity index (χ4n) is 0.611. The quantitative estimate of drug-likeness (QED) is 0.449. The average Bonchev–Trinajstić information content (AvgIpc) is 1.87. The van der Waals surface area contributed by atoms with Gasteiger partial charge in [-0.25, -0.2) is 0 Å². The van der Waals surface area contributed by atoms with Crippen molar-refractivity contribution in [1.82, 2.24) is 0 Å². The summed E-state index contributed by atoms with van der Waals surface area (Å²) in [6.07, 6.45) is 1.78. The van der Waals surface area contributed by atoms with Crippen LogP contribution < -0.4 is 0 Å². The van der Waals surface area contributed by atoms with Crippen LogP contribution in [-0.4, -0.2) is 13.2 Å². The maximum absolute atomic E-state index is 5.17. The highest BCUT2D eigenvalue weighted by Gasteiger charge is 1.94. The second-order valence-electron chi connectivity index (χ2n) is 2.18. The lowest BCUT2D eigenvalue weighted by molar-refractivity contribution is 0.0466. The molecule has 0 rings (SSSR count). The van der Waals surface area contributed by atoms with E-state index in [2.05, 4.69) is 6.58 Å². The van der Waals surface area contributed by atoms with Crippen molar-refractivity contribution in [2.24, 2.45) is 0 Å². The van der Waals surface area contributed by atoms with Gasteiger partial charge in [-0.05, 0) is 20.8 Å². The molecular formula is C9H16O2. The van der Waals surface area contributed by atoms with E-state index in [4.69, 9.17) is 9.47 Å². The minimum atomic E-state index is 0.558. The molecule has 0 aromatic heterocycles. The fraction of sp³-hybridized carbons (Fsp3) is 0.556. The molecule has 0 unspecified atom stereocenters. The Labute approximate surface area is 68.5 Å². The second kappa shape index (κ2) is 5.83. The number of ether oxygens (including phenoxy) is 2. The molecule has 0 radical (unpaired) electrons. The SMILES string of the molecule is C=C(C)C=C(OCC)OCC. The third-order valence-corrected chi connectivity index (χ3v) is 0.937. The summed E-state index contributed by atoms with van der Waals surface area (Å²) in [5.74, 6) is 0.558. The Bertz CT molecular complexity index is 140. The van der Waals surface area contributed by atoms with Crippen LogP contribution in [0.4, 0.5) is 0 Å². The van der Waals surface area contributed by atoms with E-state index in [0.717, 1.165) is 5.57 Å². The molecule has 0 amide bonds. The number of hydrogen-bond acceptors (Lipinski definition) is 2. The molecule has 0 spiro atoms. The second-order valence-corrected chi connectivity index (χ2v) is 2.18. The summed E-state index contributed by atoms with van der Waals surface area (Å²) in [7, 11) is 0. The molecule has 0 aliphatic carbocycles. The molecule has 64 valence electrons. The van der Waals surface area contributed by atoms with E-state index in [1.807, 2.05) is 20.8 Å². The van der Waals surface area contributed by atoms with Crippen LogP contribution >= 0.6 is 0 Å². The fourth-order valence-corrected chi connectivity index (χ4v) is 0.611. The van der Waals surface area contributed by atoms with Crippen molar-refractivity contribution in [3.8, 4) is 0 Å². The lowest BCUT2D eigenvalue weighted by atomic mass is 10.3. The highest BCUT2D eigenvalue weighted by Crippen LogP contribution is 2.03. The van der Waals surface area contributed by atoms with Crippen molar-refractivity contribution in [2.75, 3.05) is 13.2 Å². The highest BCUT2D eigenvalue weighted by molar-refractivity contribution is 5.11. The molecule has 0 N–H and O–H groups in total. The number of allylic oxidation sites excluding steroid dienone is 2. The summed E-state index contributed by atoms with van der Waals surface area (Å²) in [6.45, 7) is 10.7. The molecule has 0 saturated heterocycles. The van der Waals surface area contributed by atoms with Crippen LogP contribution in [-0.2, 0) is 9.47 Å². The van der Waals surface area contributed by atoms with Crippen LogP contribution in [0, 0.1) is 0 Å². The van der Waals surface area contributed by atoms with Gasteiger partial charge in [0.25, 0.3) is 5.95 Å². The summed E-state index contributed by atoms with van der Waals surface area (Å²) in [4.78, 5) is 0. The van der Waals surface area contributed by atoms with E-state index in [-0.39, 0.29) is 0 Å². The molecule has 0 saturated carbocycles. The van der Waals surface area contributed by atoms with Crippen molar-refractivity contribution in [1.29, 1.82) is 0 Å². The van der Waals surface area contributed by atoms with Crippen molar-refractivity contribution < 1.29 is 9.47 Å². The van der Waals surface area contributed by atoms with Crippen LogP contribution in [0.1, 0.15) is 20.8 Å². The van der Waals surface area contributed by atoms with Crippen molar-refractivity contribution in [3.63, 3.8) is 0 Å². The summed E-state index contributed by atoms with van der Waals surface area (Å²) in [5.41, 5.74) is 0.932. The average molecular weight is 156 g/mol. The minimum absolute atomic E-state index is 0.558. The minimum Gasteiger partial charge on any atom is -0.466 e. The Morgan fingerprint density at radius 2 is 1.73 bits per heavy atom. The lowest BCUT2D eigenvalue weighted by Gasteiger charge is -2.07. The van der Waals surface area contributed by atoms with Gasteiger partial charge in [0, 0.05) is 6.08 Å². The molecule has 0 aromatic rings. The molecular weight excluding hydrogens is 140 g/mol. The van der Waals surface area contributed by atoms with Gasteiger partial charge in [0.05, 0.1) is 13.2 Å². The maximum atomic E-state index is 5.17. The van der Waals surface area contributed by atoms with Gasteiger partial charge >= 0.3 is 0 Å². The van der Waals surface area contributed by atoms with Gasteiger partial charge in [-0.2, -0.15) is 0 Å². The van der Waals surface area contributed by atoms with Gasteiger partial charge in [0.15, 0.2) is 0 Å². The molecule has 2 heteroatoms. The van der Waals surface area contributed by atoms with E-state index in [0.29, 0.717) is 19.2 Å². The summed E-state index contributed by atoms with van der Waals surface area (Å²) in [5, 5.41) is 0. The molecule has 0 aliphatic heterocycles. The third-order valence-electron chi connectivity index (χ3n) is 0.937. The van der Waals surface area contributed by atoms with Gasteiger partial charge in [-0.3, -0.25) is 0 Å². The molecule has 2 nitrogen and oxygen atoms in total. The zero-order valence-corrected chi connectivity index (χ0v) is 7.52. The maximum Gasteiger partial charge on any atom is 0.279 e. The Balaban J connectivity index is 3.96. The molecule has 0 heterocycles. The molecule has 0 bridgehead atoms. The topological polar surface area (TPSA) is 18.5 Å². The van der Waals surface area contributed by atoms with Crippen LogP contribution in [0.25, 0.3) is 0 Å². The molecule has 0 atom stereocenters. The zero-order chi connectivity index (χ0) is 8.69. The molecule has 0 aromatic carbocycles. The predicted octanol–water partition coefficient (Wildman–Crippen LogP) is 2.48. The highest BCUT2D eigenvalue weighted by atomic mass is 16.7. The lowest BCUT2D eigenvalue weighted by Crippen LogP contribution is -1.97. The van der Waals surface area contributed by atoms with Crippen LogP contribution in [0.3, 0.4) is 0 Å². The molecule has 11 heavy (non-hydrogen) atoms. The monoisotopic (exact) mass is 156 g/mol. The first-order chi connectivity index (χ1) is 5.20. The summed E-state index contributed by atoms with van der Waals surface area (Å²) >= 11 is 0. The van der Waals surface area contributed by atoms with E-state index >= 15 is 0 Å². The Kier molecular flexibility index (Phi) is 5.35. The van der Waals surface area contributed by atoms with E-state index in [1.54, 1.807) is 6.08 Å². The van der Waals surface area contributed by atoms with Gasteiger partial charge in [0.2, 0.25) is 0 Å². The van der Waals surface area contributed by atoms with E-state index < -0.39 is 0 Å². The molecule has 0 aliphatic rings. The van der Waals surface area contributed by atoms with Crippen LogP contribution in [0.15, 0.2) is 24.2 Å². The van der Waals surface area contributed by atoms with Crippen molar-refractivity contribution in [3.05, 3.63) is 24.2 Å². The normalized spacial score (nSPS) is 8.64. The van der Waals surface area contributed by atoms with E-state index in [9.17, 15) is 0 Å². The standard InChI is InChI=1S/C9H16O2/c1-5-10-9(11-6-2)7-8(3)4/h7H,3,5-6H2,1-2,4H3. The Hall–Kier alpha value is -0.920. The number of hydrogen-bond donors (Lipinski definition) is 0. The van der Waals surface area contributed by atoms with Crippen LogP contribution in [0.2, 0.25) is 0 Å². The summed E-state index contributed by atoms with van der Waals surface area (Å²) < 4.78 is 10.3. The van der Waals surface area contributed by atoms with Gasteiger partial charge in [-0.15, -0.1) is 0 Å². The first-order valence-electron chi connectivity index (χ1n) is 3.83. The summed E-state index contributed by atoms with van der Waals surface area (Å²) in [6, 6.07) is 0. The first kappa shape index (κ1) is 10.1. The van der Waals surface area contributed by atoms with Crippen LogP contribution in [0.5, 0.6) is 0 Å². The third kappa shape index (κ3) is 5.52. The van der Waals surface area contributed by atoms with Gasteiger partial charge in [0.1, 0.15) is 0 Å². The smallest absolute Gasteiger partial charge is 0.279 e. The van der Waals surface area contributed by atoms with Gasteiger partial charge in [-0.1, -0.05) is 12.2 Å². The Morgan fingerprint density at radius 1 is 1.27 bits per heavy atom. The molecule has 0 fully saturated rings. The first-order valence-corrected chi connectivity index (χ1v) is 3.83. The number of rotatable bonds is 5. The van der Waals surface area contributed by atoms with Crippen molar-refractivity contribution in [2.45, 2.75) is 20.8 Å². The van der Waals surface area contributed by atoms with E-state index in [1.165, 1.54) is 0 Å². The zero-order valence-electron chi connectivity index (χ0n) is 7.52. The predicted molar refractivity (Wildman–Crippen MR) is 46.1 cm³/mol.